The fraction of sp³-hybridized carbons (Fsp3) is 0.455. The summed E-state index contributed by atoms with van der Waals surface area (Å²) in [5.41, 5.74) is 0. The second-order valence-electron chi connectivity index (χ2n) is 3.74. The summed E-state index contributed by atoms with van der Waals surface area (Å²) < 4.78 is 0. The first-order chi connectivity index (χ1) is 7.09. The van der Waals surface area contributed by atoms with Crippen molar-refractivity contribution in [2.24, 2.45) is 5.92 Å². The molecule has 1 aliphatic rings. The minimum Gasteiger partial charge on any atom is -0.328 e. The van der Waals surface area contributed by atoms with Gasteiger partial charge in [-0.15, -0.1) is 0 Å². The number of carbonyl (C=O) groups is 2. The lowest BCUT2D eigenvalue weighted by Gasteiger charge is -2.14. The second kappa shape index (κ2) is 5.34. The predicted octanol–water partition coefficient (Wildman–Crippen LogP) is 1.35. The van der Waals surface area contributed by atoms with E-state index < -0.39 is 6.03 Å². The Labute approximate surface area is 89.4 Å². The number of nitrogens with one attached hydrogen (secondary N) is 2. The third-order valence-corrected chi connectivity index (χ3v) is 2.02. The van der Waals surface area contributed by atoms with Crippen LogP contribution in [0.2, 0.25) is 0 Å². The quantitative estimate of drug-likeness (QED) is 0.673. The first kappa shape index (κ1) is 11.5. The van der Waals surface area contributed by atoms with Gasteiger partial charge in [0.1, 0.15) is 0 Å². The highest BCUT2D eigenvalue weighted by molar-refractivity contribution is 5.95. The highest BCUT2D eigenvalue weighted by Crippen LogP contribution is 2.00. The SMILES string of the molecule is CC(C)C(=O)NC(=O)NC1C=CCC=C1. The molecule has 1 rings (SSSR count). The lowest BCUT2D eigenvalue weighted by Crippen LogP contribution is -2.44. The van der Waals surface area contributed by atoms with E-state index in [1.165, 1.54) is 0 Å². The maximum atomic E-state index is 11.3. The minimum absolute atomic E-state index is 0.112. The fourth-order valence-corrected chi connectivity index (χ4v) is 1.13. The number of rotatable bonds is 2. The van der Waals surface area contributed by atoms with E-state index >= 15 is 0 Å². The Morgan fingerprint density at radius 2 is 1.87 bits per heavy atom. The monoisotopic (exact) mass is 208 g/mol. The standard InChI is InChI=1S/C11H16N2O2/c1-8(2)10(14)13-11(15)12-9-6-4-3-5-7-9/h4-9H,3H2,1-2H3,(H2,12,13,14,15). The smallest absolute Gasteiger partial charge is 0.322 e. The van der Waals surface area contributed by atoms with Crippen molar-refractivity contribution in [2.45, 2.75) is 26.3 Å². The van der Waals surface area contributed by atoms with Crippen LogP contribution >= 0.6 is 0 Å². The average Bonchev–Trinajstić information content (AvgIpc) is 2.18. The molecule has 1 aliphatic carbocycles. The largest absolute Gasteiger partial charge is 0.328 e. The normalized spacial score (nSPS) is 15.4. The van der Waals surface area contributed by atoms with Crippen LogP contribution in [0.1, 0.15) is 20.3 Å². The van der Waals surface area contributed by atoms with Gasteiger partial charge in [-0.2, -0.15) is 0 Å². The predicted molar refractivity (Wildman–Crippen MR) is 58.2 cm³/mol. The van der Waals surface area contributed by atoms with Crippen molar-refractivity contribution >= 4 is 11.9 Å². The van der Waals surface area contributed by atoms with Crippen molar-refractivity contribution in [1.29, 1.82) is 0 Å². The Morgan fingerprint density at radius 1 is 1.27 bits per heavy atom. The van der Waals surface area contributed by atoms with Crippen molar-refractivity contribution in [2.75, 3.05) is 0 Å². The molecule has 0 heterocycles. The van der Waals surface area contributed by atoms with Crippen LogP contribution < -0.4 is 10.6 Å². The number of hydrogen-bond acceptors (Lipinski definition) is 2. The number of imide groups is 1. The van der Waals surface area contributed by atoms with E-state index in [0.29, 0.717) is 0 Å². The van der Waals surface area contributed by atoms with Crippen LogP contribution in [0.4, 0.5) is 4.79 Å². The van der Waals surface area contributed by atoms with Crippen molar-refractivity contribution in [3.05, 3.63) is 24.3 Å². The van der Waals surface area contributed by atoms with Gasteiger partial charge in [-0.05, 0) is 6.42 Å². The van der Waals surface area contributed by atoms with Gasteiger partial charge in [0.15, 0.2) is 0 Å². The van der Waals surface area contributed by atoms with E-state index in [2.05, 4.69) is 10.6 Å². The third kappa shape index (κ3) is 3.97. The summed E-state index contributed by atoms with van der Waals surface area (Å²) in [6.07, 6.45) is 8.61. The van der Waals surface area contributed by atoms with E-state index in [4.69, 9.17) is 0 Å². The molecular weight excluding hydrogens is 192 g/mol. The molecule has 0 unspecified atom stereocenters. The summed E-state index contributed by atoms with van der Waals surface area (Å²) in [5, 5.41) is 4.93. The summed E-state index contributed by atoms with van der Waals surface area (Å²) in [5.74, 6) is -0.454. The number of urea groups is 1. The van der Waals surface area contributed by atoms with Crippen LogP contribution in [-0.2, 0) is 4.79 Å². The van der Waals surface area contributed by atoms with E-state index in [1.54, 1.807) is 13.8 Å². The summed E-state index contributed by atoms with van der Waals surface area (Å²) in [7, 11) is 0. The third-order valence-electron chi connectivity index (χ3n) is 2.02. The number of carbonyl (C=O) groups excluding carboxylic acids is 2. The molecule has 0 atom stereocenters. The first-order valence-electron chi connectivity index (χ1n) is 5.04. The Morgan fingerprint density at radius 3 is 2.40 bits per heavy atom. The highest BCUT2D eigenvalue weighted by Gasteiger charge is 2.13. The minimum atomic E-state index is -0.449. The van der Waals surface area contributed by atoms with Gasteiger partial charge >= 0.3 is 6.03 Å². The molecule has 4 nitrogen and oxygen atoms in total. The summed E-state index contributed by atoms with van der Waals surface area (Å²) in [6.45, 7) is 3.48. The van der Waals surface area contributed by atoms with E-state index in [0.717, 1.165) is 6.42 Å². The topological polar surface area (TPSA) is 58.2 Å². The van der Waals surface area contributed by atoms with Crippen LogP contribution in [0.15, 0.2) is 24.3 Å². The van der Waals surface area contributed by atoms with Gasteiger partial charge in [0.2, 0.25) is 5.91 Å². The molecule has 0 aliphatic heterocycles. The molecule has 0 fully saturated rings. The average molecular weight is 208 g/mol. The van der Waals surface area contributed by atoms with Gasteiger partial charge in [0.25, 0.3) is 0 Å². The maximum absolute atomic E-state index is 11.3. The van der Waals surface area contributed by atoms with E-state index in [-0.39, 0.29) is 17.9 Å². The van der Waals surface area contributed by atoms with Crippen LogP contribution in [0.5, 0.6) is 0 Å². The van der Waals surface area contributed by atoms with Gasteiger partial charge in [0, 0.05) is 5.92 Å². The van der Waals surface area contributed by atoms with Crippen molar-refractivity contribution in [1.82, 2.24) is 10.6 Å². The van der Waals surface area contributed by atoms with Crippen LogP contribution in [-0.4, -0.2) is 18.0 Å². The van der Waals surface area contributed by atoms with Crippen LogP contribution in [0.3, 0.4) is 0 Å². The van der Waals surface area contributed by atoms with Gasteiger partial charge in [-0.25, -0.2) is 4.79 Å². The molecule has 0 saturated heterocycles. The Balaban J connectivity index is 2.35. The zero-order chi connectivity index (χ0) is 11.3. The molecule has 3 amide bonds. The number of hydrogen-bond donors (Lipinski definition) is 2. The van der Waals surface area contributed by atoms with Gasteiger partial charge in [-0.3, -0.25) is 10.1 Å². The van der Waals surface area contributed by atoms with E-state index in [9.17, 15) is 9.59 Å². The van der Waals surface area contributed by atoms with Gasteiger partial charge in [0.05, 0.1) is 6.04 Å². The number of amides is 3. The Bertz CT molecular complexity index is 294. The van der Waals surface area contributed by atoms with Crippen LogP contribution in [0.25, 0.3) is 0 Å². The second-order valence-corrected chi connectivity index (χ2v) is 3.74. The highest BCUT2D eigenvalue weighted by atomic mass is 16.2. The van der Waals surface area contributed by atoms with Gasteiger partial charge < -0.3 is 5.32 Å². The molecule has 4 heteroatoms. The molecule has 2 N–H and O–H groups in total. The fourth-order valence-electron chi connectivity index (χ4n) is 1.13. The molecule has 15 heavy (non-hydrogen) atoms. The maximum Gasteiger partial charge on any atom is 0.322 e. The molecule has 0 bridgehead atoms. The molecular formula is C11H16N2O2. The van der Waals surface area contributed by atoms with Crippen LogP contribution in [0, 0.1) is 5.92 Å². The Kier molecular flexibility index (Phi) is 4.09. The zero-order valence-electron chi connectivity index (χ0n) is 8.99. The molecule has 0 spiro atoms. The summed E-state index contributed by atoms with van der Waals surface area (Å²) in [6, 6.07) is -0.561. The zero-order valence-corrected chi connectivity index (χ0v) is 8.99. The summed E-state index contributed by atoms with van der Waals surface area (Å²) in [4.78, 5) is 22.5. The number of allylic oxidation sites excluding steroid dienone is 2. The van der Waals surface area contributed by atoms with Crippen molar-refractivity contribution in [3.63, 3.8) is 0 Å². The van der Waals surface area contributed by atoms with Crippen molar-refractivity contribution in [3.8, 4) is 0 Å². The molecule has 0 saturated carbocycles. The van der Waals surface area contributed by atoms with E-state index in [1.807, 2.05) is 24.3 Å². The summed E-state index contributed by atoms with van der Waals surface area (Å²) >= 11 is 0. The lowest BCUT2D eigenvalue weighted by molar-refractivity contribution is -0.122. The molecule has 0 radical (unpaired) electrons. The molecule has 82 valence electrons. The lowest BCUT2D eigenvalue weighted by atomic mass is 10.1. The van der Waals surface area contributed by atoms with Gasteiger partial charge in [-0.1, -0.05) is 38.2 Å². The molecule has 0 aromatic rings. The van der Waals surface area contributed by atoms with Crippen molar-refractivity contribution < 1.29 is 9.59 Å². The first-order valence-corrected chi connectivity index (χ1v) is 5.04. The molecule has 0 aromatic carbocycles. The Hall–Kier alpha value is -1.58. The molecule has 0 aromatic heterocycles.